The predicted octanol–water partition coefficient (Wildman–Crippen LogP) is 3.89. The lowest BCUT2D eigenvalue weighted by molar-refractivity contribution is -0.122. The summed E-state index contributed by atoms with van der Waals surface area (Å²) in [5.41, 5.74) is 1.30. The van der Waals surface area contributed by atoms with Crippen molar-refractivity contribution < 1.29 is 14.0 Å². The third-order valence-electron chi connectivity index (χ3n) is 4.23. The van der Waals surface area contributed by atoms with Gasteiger partial charge in [-0.25, -0.2) is 4.39 Å². The van der Waals surface area contributed by atoms with E-state index >= 15 is 0 Å². The van der Waals surface area contributed by atoms with Gasteiger partial charge in [-0.05, 0) is 56.3 Å². The first-order valence-electron chi connectivity index (χ1n) is 9.15. The molecule has 0 saturated carbocycles. The summed E-state index contributed by atoms with van der Waals surface area (Å²) in [5, 5.41) is 5.64. The number of carbonyl (C=O) groups excluding carboxylic acids is 2. The maximum absolute atomic E-state index is 12.9. The summed E-state index contributed by atoms with van der Waals surface area (Å²) >= 11 is 0. The second kappa shape index (κ2) is 10.4. The van der Waals surface area contributed by atoms with Crippen molar-refractivity contribution in [2.24, 2.45) is 0 Å². The molecule has 0 aliphatic heterocycles. The molecule has 2 amide bonds. The van der Waals surface area contributed by atoms with Crippen LogP contribution in [0, 0.1) is 5.82 Å². The minimum atomic E-state index is -0.358. The van der Waals surface area contributed by atoms with Crippen LogP contribution < -0.4 is 10.6 Å². The van der Waals surface area contributed by atoms with Crippen LogP contribution in [0.3, 0.4) is 0 Å². The fourth-order valence-electron chi connectivity index (χ4n) is 2.72. The van der Waals surface area contributed by atoms with Crippen molar-refractivity contribution in [2.75, 3.05) is 23.7 Å². The first-order chi connectivity index (χ1) is 13.0. The quantitative estimate of drug-likeness (QED) is 0.703. The largest absolute Gasteiger partial charge is 0.326 e. The SMILES string of the molecule is CCCN(CCC(=O)Nc1ccc(F)cc1)C(C)C(=O)Nc1ccccc1. The lowest BCUT2D eigenvalue weighted by Gasteiger charge is -2.27. The third kappa shape index (κ3) is 6.83. The highest BCUT2D eigenvalue weighted by atomic mass is 19.1. The van der Waals surface area contributed by atoms with Crippen molar-refractivity contribution in [3.8, 4) is 0 Å². The minimum absolute atomic E-state index is 0.103. The van der Waals surface area contributed by atoms with Gasteiger partial charge in [-0.1, -0.05) is 25.1 Å². The van der Waals surface area contributed by atoms with E-state index in [0.29, 0.717) is 18.8 Å². The maximum Gasteiger partial charge on any atom is 0.241 e. The summed E-state index contributed by atoms with van der Waals surface area (Å²) in [6.07, 6.45) is 1.13. The molecule has 0 aliphatic carbocycles. The Labute approximate surface area is 159 Å². The number of anilines is 2. The highest BCUT2D eigenvalue weighted by Gasteiger charge is 2.21. The van der Waals surface area contributed by atoms with Gasteiger partial charge in [0.15, 0.2) is 0 Å². The Hall–Kier alpha value is -2.73. The molecule has 0 aliphatic rings. The van der Waals surface area contributed by atoms with Gasteiger partial charge in [0.2, 0.25) is 11.8 Å². The van der Waals surface area contributed by atoms with Crippen LogP contribution in [0.1, 0.15) is 26.7 Å². The Morgan fingerprint density at radius 2 is 1.59 bits per heavy atom. The van der Waals surface area contributed by atoms with Crippen LogP contribution in [0.4, 0.5) is 15.8 Å². The van der Waals surface area contributed by atoms with E-state index in [1.807, 2.05) is 49.1 Å². The summed E-state index contributed by atoms with van der Waals surface area (Å²) in [5.74, 6) is -0.618. The molecule has 27 heavy (non-hydrogen) atoms. The monoisotopic (exact) mass is 371 g/mol. The summed E-state index contributed by atoms with van der Waals surface area (Å²) in [7, 11) is 0. The number of nitrogens with one attached hydrogen (secondary N) is 2. The van der Waals surface area contributed by atoms with Crippen LogP contribution in [-0.4, -0.2) is 35.8 Å². The first kappa shape index (κ1) is 20.6. The van der Waals surface area contributed by atoms with Crippen LogP contribution in [0.25, 0.3) is 0 Å². The minimum Gasteiger partial charge on any atom is -0.326 e. The normalized spacial score (nSPS) is 11.9. The topological polar surface area (TPSA) is 61.4 Å². The molecule has 2 aromatic rings. The number of hydrogen-bond donors (Lipinski definition) is 2. The van der Waals surface area contributed by atoms with Crippen LogP contribution in [0.15, 0.2) is 54.6 Å². The van der Waals surface area contributed by atoms with Gasteiger partial charge >= 0.3 is 0 Å². The zero-order valence-corrected chi connectivity index (χ0v) is 15.7. The average Bonchev–Trinajstić information content (AvgIpc) is 2.67. The van der Waals surface area contributed by atoms with Crippen molar-refractivity contribution in [3.05, 3.63) is 60.4 Å². The van der Waals surface area contributed by atoms with E-state index in [0.717, 1.165) is 12.1 Å². The van der Waals surface area contributed by atoms with Crippen molar-refractivity contribution in [2.45, 2.75) is 32.7 Å². The van der Waals surface area contributed by atoms with Crippen LogP contribution in [0.5, 0.6) is 0 Å². The Morgan fingerprint density at radius 1 is 0.963 bits per heavy atom. The molecule has 0 saturated heterocycles. The number of benzene rings is 2. The smallest absolute Gasteiger partial charge is 0.241 e. The molecule has 0 fully saturated rings. The van der Waals surface area contributed by atoms with Crippen LogP contribution in [-0.2, 0) is 9.59 Å². The van der Waals surface area contributed by atoms with E-state index in [2.05, 4.69) is 10.6 Å². The molecule has 1 unspecified atom stereocenters. The molecule has 0 bridgehead atoms. The fourth-order valence-corrected chi connectivity index (χ4v) is 2.72. The van der Waals surface area contributed by atoms with Gasteiger partial charge < -0.3 is 10.6 Å². The second-order valence-corrected chi connectivity index (χ2v) is 6.37. The van der Waals surface area contributed by atoms with Crippen molar-refractivity contribution >= 4 is 23.2 Å². The van der Waals surface area contributed by atoms with E-state index in [1.165, 1.54) is 24.3 Å². The Bertz CT molecular complexity index is 735. The molecule has 0 aromatic heterocycles. The number of hydrogen-bond acceptors (Lipinski definition) is 3. The maximum atomic E-state index is 12.9. The van der Waals surface area contributed by atoms with Gasteiger partial charge in [-0.15, -0.1) is 0 Å². The van der Waals surface area contributed by atoms with Crippen molar-refractivity contribution in [1.29, 1.82) is 0 Å². The van der Waals surface area contributed by atoms with Crippen LogP contribution >= 0.6 is 0 Å². The first-order valence-corrected chi connectivity index (χ1v) is 9.15. The van der Waals surface area contributed by atoms with Gasteiger partial charge in [-0.3, -0.25) is 14.5 Å². The number of rotatable bonds is 9. The second-order valence-electron chi connectivity index (χ2n) is 6.37. The number of para-hydroxylation sites is 1. The van der Waals surface area contributed by atoms with E-state index < -0.39 is 0 Å². The van der Waals surface area contributed by atoms with E-state index in [1.54, 1.807) is 0 Å². The zero-order chi connectivity index (χ0) is 19.6. The van der Waals surface area contributed by atoms with Crippen molar-refractivity contribution in [3.63, 3.8) is 0 Å². The molecule has 0 radical (unpaired) electrons. The van der Waals surface area contributed by atoms with Gasteiger partial charge in [0.25, 0.3) is 0 Å². The Kier molecular flexibility index (Phi) is 7.95. The number of carbonyl (C=O) groups is 2. The Morgan fingerprint density at radius 3 is 2.22 bits per heavy atom. The standard InChI is InChI=1S/C21H26FN3O2/c1-3-14-25(16(2)21(27)24-18-7-5-4-6-8-18)15-13-20(26)23-19-11-9-17(22)10-12-19/h4-12,16H,3,13-15H2,1-2H3,(H,23,26)(H,24,27). The molecule has 2 N–H and O–H groups in total. The molecule has 1 atom stereocenters. The average molecular weight is 371 g/mol. The molecule has 5 nitrogen and oxygen atoms in total. The van der Waals surface area contributed by atoms with Gasteiger partial charge in [-0.2, -0.15) is 0 Å². The van der Waals surface area contributed by atoms with Crippen molar-refractivity contribution in [1.82, 2.24) is 4.90 Å². The van der Waals surface area contributed by atoms with E-state index in [-0.39, 0.29) is 30.1 Å². The van der Waals surface area contributed by atoms with Gasteiger partial charge in [0.1, 0.15) is 5.82 Å². The van der Waals surface area contributed by atoms with E-state index in [9.17, 15) is 14.0 Å². The predicted molar refractivity (Wildman–Crippen MR) is 106 cm³/mol. The molecule has 0 spiro atoms. The van der Waals surface area contributed by atoms with Gasteiger partial charge in [0.05, 0.1) is 6.04 Å². The summed E-state index contributed by atoms with van der Waals surface area (Å²) < 4.78 is 12.9. The summed E-state index contributed by atoms with van der Waals surface area (Å²) in [6, 6.07) is 14.6. The Balaban J connectivity index is 1.88. The number of halogens is 1. The molecule has 0 heterocycles. The summed E-state index contributed by atoms with van der Waals surface area (Å²) in [4.78, 5) is 26.7. The third-order valence-corrected chi connectivity index (χ3v) is 4.23. The highest BCUT2D eigenvalue weighted by molar-refractivity contribution is 5.94. The highest BCUT2D eigenvalue weighted by Crippen LogP contribution is 2.11. The zero-order valence-electron chi connectivity index (χ0n) is 15.7. The molecule has 2 rings (SSSR count). The lowest BCUT2D eigenvalue weighted by Crippen LogP contribution is -2.43. The van der Waals surface area contributed by atoms with E-state index in [4.69, 9.17) is 0 Å². The fraction of sp³-hybridized carbons (Fsp3) is 0.333. The molecule has 144 valence electrons. The molecular formula is C21H26FN3O2. The van der Waals surface area contributed by atoms with Gasteiger partial charge in [0, 0.05) is 24.3 Å². The molecular weight excluding hydrogens is 345 g/mol. The number of nitrogens with zero attached hydrogens (tertiary/aromatic N) is 1. The molecule has 6 heteroatoms. The molecule has 2 aromatic carbocycles. The number of amides is 2. The lowest BCUT2D eigenvalue weighted by atomic mass is 10.2. The van der Waals surface area contributed by atoms with Crippen LogP contribution in [0.2, 0.25) is 0 Å². The summed E-state index contributed by atoms with van der Waals surface area (Å²) in [6.45, 7) is 5.05.